The number of hydrogen-bond donors (Lipinski definition) is 1. The minimum absolute atomic E-state index is 0.0679. The van der Waals surface area contributed by atoms with Gasteiger partial charge in [0, 0.05) is 47.8 Å². The molecule has 182 valence electrons. The molecular weight excluding hydrogens is 490 g/mol. The first-order valence-corrected chi connectivity index (χ1v) is 13.4. The van der Waals surface area contributed by atoms with Crippen molar-refractivity contribution in [1.82, 2.24) is 20.2 Å². The molecule has 4 atom stereocenters. The molecule has 1 aromatic carbocycles. The van der Waals surface area contributed by atoms with Crippen molar-refractivity contribution in [2.24, 2.45) is 0 Å². The summed E-state index contributed by atoms with van der Waals surface area (Å²) in [6.07, 6.45) is 4.96. The fourth-order valence-corrected chi connectivity index (χ4v) is 6.51. The van der Waals surface area contributed by atoms with Crippen LogP contribution in [-0.4, -0.2) is 58.5 Å². The predicted octanol–water partition coefficient (Wildman–Crippen LogP) is 4.81. The van der Waals surface area contributed by atoms with Gasteiger partial charge in [0.1, 0.15) is 12.1 Å². The minimum Gasteiger partial charge on any atom is -0.353 e. The van der Waals surface area contributed by atoms with Crippen LogP contribution in [0.5, 0.6) is 0 Å². The van der Waals surface area contributed by atoms with Crippen LogP contribution in [0.3, 0.4) is 0 Å². The van der Waals surface area contributed by atoms with Gasteiger partial charge in [0.25, 0.3) is 0 Å². The first kappa shape index (κ1) is 23.7. The van der Waals surface area contributed by atoms with E-state index in [9.17, 15) is 4.79 Å². The number of halogens is 1. The number of anilines is 1. The number of fused-ring (bicyclic) bond motifs is 1. The van der Waals surface area contributed by atoms with Crippen molar-refractivity contribution in [3.63, 3.8) is 0 Å². The quantitative estimate of drug-likeness (QED) is 0.620. The second kappa shape index (κ2) is 9.23. The number of piperazine rings is 1. The van der Waals surface area contributed by atoms with Gasteiger partial charge in [-0.2, -0.15) is 0 Å². The average Bonchev–Trinajstić information content (AvgIpc) is 3.33. The molecule has 2 saturated heterocycles. The molecule has 0 saturated carbocycles. The Morgan fingerprint density at radius 3 is 2.44 bits per heavy atom. The van der Waals surface area contributed by atoms with E-state index in [1.165, 1.54) is 11.3 Å². The summed E-state index contributed by atoms with van der Waals surface area (Å²) in [5, 5.41) is 3.75. The summed E-state index contributed by atoms with van der Waals surface area (Å²) in [5.41, 5.74) is 3.70. The Hall–Kier alpha value is -1.99. The van der Waals surface area contributed by atoms with E-state index in [0.717, 1.165) is 61.3 Å². The molecule has 3 heterocycles. The zero-order valence-corrected chi connectivity index (χ0v) is 22.3. The number of carbonyl (C=O) groups is 1. The summed E-state index contributed by atoms with van der Waals surface area (Å²) in [5.74, 6) is 2.14. The van der Waals surface area contributed by atoms with E-state index in [1.54, 1.807) is 6.33 Å². The third-order valence-corrected chi connectivity index (χ3v) is 8.53. The molecule has 7 heteroatoms. The molecule has 2 fully saturated rings. The van der Waals surface area contributed by atoms with Gasteiger partial charge in [0.15, 0.2) is 0 Å². The highest BCUT2D eigenvalue weighted by molar-refractivity contribution is 9.10. The molecule has 1 unspecified atom stereocenters. The first-order valence-electron chi connectivity index (χ1n) is 12.6. The van der Waals surface area contributed by atoms with Gasteiger partial charge in [0.05, 0.1) is 11.6 Å². The molecule has 34 heavy (non-hydrogen) atoms. The number of carbonyl (C=O) groups excluding carboxylic acids is 1. The molecule has 0 spiro atoms. The minimum atomic E-state index is -0.161. The highest BCUT2D eigenvalue weighted by Crippen LogP contribution is 2.44. The molecule has 6 nitrogen and oxygen atoms in total. The Balaban J connectivity index is 1.33. The van der Waals surface area contributed by atoms with Crippen LogP contribution in [-0.2, 0) is 4.79 Å². The van der Waals surface area contributed by atoms with Gasteiger partial charge in [-0.1, -0.05) is 41.9 Å². The van der Waals surface area contributed by atoms with Gasteiger partial charge in [-0.15, -0.1) is 0 Å². The van der Waals surface area contributed by atoms with Crippen LogP contribution in [0.1, 0.15) is 81.5 Å². The number of nitrogens with one attached hydrogen (secondary N) is 1. The number of benzene rings is 1. The molecule has 1 aliphatic carbocycles. The van der Waals surface area contributed by atoms with Crippen LogP contribution in [0, 0.1) is 0 Å². The number of amides is 1. The summed E-state index contributed by atoms with van der Waals surface area (Å²) >= 11 is 3.54. The smallest absolute Gasteiger partial charge is 0.231 e. The van der Waals surface area contributed by atoms with Gasteiger partial charge < -0.3 is 15.1 Å². The van der Waals surface area contributed by atoms with Crippen molar-refractivity contribution in [2.45, 2.75) is 76.3 Å². The van der Waals surface area contributed by atoms with Gasteiger partial charge in [-0.3, -0.25) is 4.79 Å². The molecular formula is C27H36BrN5O. The molecule has 5 rings (SSSR count). The zero-order valence-electron chi connectivity index (χ0n) is 20.7. The summed E-state index contributed by atoms with van der Waals surface area (Å²) in [4.78, 5) is 27.7. The number of aromatic nitrogens is 2. The van der Waals surface area contributed by atoms with Crippen LogP contribution in [0.15, 0.2) is 35.1 Å². The molecule has 1 amide bonds. The third kappa shape index (κ3) is 4.49. The fraction of sp³-hybridized carbons (Fsp3) is 0.593. The highest BCUT2D eigenvalue weighted by atomic mass is 79.9. The normalized spacial score (nSPS) is 27.0. The van der Waals surface area contributed by atoms with E-state index in [0.29, 0.717) is 11.8 Å². The van der Waals surface area contributed by atoms with E-state index in [-0.39, 0.29) is 23.4 Å². The van der Waals surface area contributed by atoms with Crippen LogP contribution in [0.25, 0.3) is 0 Å². The van der Waals surface area contributed by atoms with E-state index in [4.69, 9.17) is 4.98 Å². The Labute approximate surface area is 211 Å². The van der Waals surface area contributed by atoms with Crippen molar-refractivity contribution < 1.29 is 4.79 Å². The molecule has 0 radical (unpaired) electrons. The Morgan fingerprint density at radius 1 is 1.09 bits per heavy atom. The van der Waals surface area contributed by atoms with Crippen LogP contribution < -0.4 is 10.2 Å². The lowest BCUT2D eigenvalue weighted by Gasteiger charge is -2.39. The van der Waals surface area contributed by atoms with Crippen LogP contribution in [0.2, 0.25) is 0 Å². The highest BCUT2D eigenvalue weighted by Gasteiger charge is 2.41. The maximum absolute atomic E-state index is 13.9. The fourth-order valence-electron chi connectivity index (χ4n) is 6.24. The zero-order chi connectivity index (χ0) is 24.0. The summed E-state index contributed by atoms with van der Waals surface area (Å²) in [7, 11) is 0. The number of rotatable bonds is 4. The molecule has 1 N–H and O–H groups in total. The molecule has 0 bridgehead atoms. The molecule has 2 aliphatic heterocycles. The lowest BCUT2D eigenvalue weighted by atomic mass is 9.89. The second-order valence-electron chi connectivity index (χ2n) is 11.0. The molecule has 2 aromatic rings. The summed E-state index contributed by atoms with van der Waals surface area (Å²) in [6.45, 7) is 12.1. The second-order valence-corrected chi connectivity index (χ2v) is 12.0. The Bertz CT molecular complexity index is 1050. The van der Waals surface area contributed by atoms with Gasteiger partial charge in [-0.05, 0) is 62.6 Å². The van der Waals surface area contributed by atoms with E-state index in [1.807, 2.05) is 12.1 Å². The largest absolute Gasteiger partial charge is 0.353 e. The third-order valence-electron chi connectivity index (χ3n) is 8.01. The maximum atomic E-state index is 13.9. The predicted molar refractivity (Wildman–Crippen MR) is 139 cm³/mol. The Kier molecular flexibility index (Phi) is 6.44. The van der Waals surface area contributed by atoms with Crippen molar-refractivity contribution >= 4 is 27.7 Å². The standard InChI is InChI=1S/C27H36BrN5O/c1-17-15-18(2)24-22(17)25(30-16-29-24)32-11-13-33(14-12-32)26(34)23(19-5-7-20(28)8-6-19)21-9-10-27(3,4)31-21/h5-8,16-18,21,23,31H,9-15H2,1-4H3/t17-,18?,21+,23+/m1/s1. The molecule has 3 aliphatic rings. The van der Waals surface area contributed by atoms with Crippen molar-refractivity contribution in [2.75, 3.05) is 31.1 Å². The SMILES string of the molecule is CC1C[C@@H](C)c2c1ncnc2N1CCN(C(=O)[C@@H](c2ccc(Br)cc2)[C@@H]2CCC(C)(C)N2)CC1. The van der Waals surface area contributed by atoms with Gasteiger partial charge in [0.2, 0.25) is 5.91 Å². The molecule has 1 aromatic heterocycles. The number of hydrogen-bond acceptors (Lipinski definition) is 5. The average molecular weight is 527 g/mol. The van der Waals surface area contributed by atoms with E-state index < -0.39 is 0 Å². The lowest BCUT2D eigenvalue weighted by Crippen LogP contribution is -2.53. The topological polar surface area (TPSA) is 61.4 Å². The van der Waals surface area contributed by atoms with Gasteiger partial charge >= 0.3 is 0 Å². The Morgan fingerprint density at radius 2 is 1.79 bits per heavy atom. The van der Waals surface area contributed by atoms with Crippen molar-refractivity contribution in [3.8, 4) is 0 Å². The van der Waals surface area contributed by atoms with Crippen LogP contribution in [0.4, 0.5) is 5.82 Å². The first-order chi connectivity index (χ1) is 16.2. The summed E-state index contributed by atoms with van der Waals surface area (Å²) < 4.78 is 1.04. The summed E-state index contributed by atoms with van der Waals surface area (Å²) in [6, 6.07) is 8.46. The monoisotopic (exact) mass is 525 g/mol. The van der Waals surface area contributed by atoms with E-state index >= 15 is 0 Å². The number of nitrogens with zero attached hydrogens (tertiary/aromatic N) is 4. The lowest BCUT2D eigenvalue weighted by molar-refractivity contribution is -0.133. The van der Waals surface area contributed by atoms with Crippen molar-refractivity contribution in [1.29, 1.82) is 0 Å². The van der Waals surface area contributed by atoms with Crippen LogP contribution >= 0.6 is 15.9 Å². The maximum Gasteiger partial charge on any atom is 0.231 e. The van der Waals surface area contributed by atoms with Crippen molar-refractivity contribution in [3.05, 3.63) is 51.9 Å². The van der Waals surface area contributed by atoms with Gasteiger partial charge in [-0.25, -0.2) is 9.97 Å². The van der Waals surface area contributed by atoms with E-state index in [2.05, 4.69) is 75.9 Å².